The Hall–Kier alpha value is -3.20. The van der Waals surface area contributed by atoms with E-state index in [1.54, 1.807) is 12.1 Å². The number of halogens is 3. The first-order valence-electron chi connectivity index (χ1n) is 8.95. The van der Waals surface area contributed by atoms with Gasteiger partial charge >= 0.3 is 0 Å². The van der Waals surface area contributed by atoms with Crippen LogP contribution in [0.5, 0.6) is 11.5 Å². The fraction of sp³-hybridized carbons (Fsp3) is 0.227. The number of benzene rings is 3. The first-order chi connectivity index (χ1) is 13.5. The van der Waals surface area contributed by atoms with Gasteiger partial charge in [0.1, 0.15) is 29.5 Å². The van der Waals surface area contributed by atoms with Crippen molar-refractivity contribution in [3.8, 4) is 17.6 Å². The molecule has 142 valence electrons. The molecule has 1 unspecified atom stereocenters. The molecule has 0 N–H and O–H groups in total. The third-order valence-electron chi connectivity index (χ3n) is 4.92. The molecular formula is C22H16F3NO2. The monoisotopic (exact) mass is 383 g/mol. The quantitative estimate of drug-likeness (QED) is 0.554. The van der Waals surface area contributed by atoms with Crippen LogP contribution in [0, 0.1) is 28.8 Å². The molecule has 3 aromatic rings. The Labute approximate surface area is 159 Å². The van der Waals surface area contributed by atoms with Crippen LogP contribution in [0.1, 0.15) is 36.1 Å². The topological polar surface area (TPSA) is 42.2 Å². The predicted octanol–water partition coefficient (Wildman–Crippen LogP) is 5.59. The van der Waals surface area contributed by atoms with E-state index in [-0.39, 0.29) is 5.56 Å². The molecule has 0 saturated heterocycles. The van der Waals surface area contributed by atoms with Crippen LogP contribution in [0.4, 0.5) is 13.2 Å². The standard InChI is InChI=1S/C22H16F3NO2/c1-2-27-22-9-15-12(7-13(22)11-26)3-5-20-14(15)4-6-21(28-20)16-8-18(24)19(25)10-17(16)23/h3,5,7-10,21H,2,4,6H2,1H3. The van der Waals surface area contributed by atoms with Crippen molar-refractivity contribution in [2.24, 2.45) is 0 Å². The lowest BCUT2D eigenvalue weighted by atomic mass is 9.92. The maximum absolute atomic E-state index is 14.1. The summed E-state index contributed by atoms with van der Waals surface area (Å²) in [5, 5.41) is 11.1. The molecule has 3 nitrogen and oxygen atoms in total. The molecule has 0 saturated carbocycles. The van der Waals surface area contributed by atoms with Gasteiger partial charge in [-0.15, -0.1) is 0 Å². The number of nitriles is 1. The van der Waals surface area contributed by atoms with E-state index in [4.69, 9.17) is 9.47 Å². The van der Waals surface area contributed by atoms with Gasteiger partial charge in [0.2, 0.25) is 0 Å². The Morgan fingerprint density at radius 1 is 1.11 bits per heavy atom. The molecule has 0 fully saturated rings. The normalized spacial score (nSPS) is 15.6. The molecule has 1 atom stereocenters. The number of nitrogens with zero attached hydrogens (tertiary/aromatic N) is 1. The zero-order valence-electron chi connectivity index (χ0n) is 15.1. The van der Waals surface area contributed by atoms with E-state index in [2.05, 4.69) is 6.07 Å². The van der Waals surface area contributed by atoms with Gasteiger partial charge in [-0.25, -0.2) is 13.2 Å². The second-order valence-electron chi connectivity index (χ2n) is 6.59. The molecule has 3 aromatic carbocycles. The third-order valence-corrected chi connectivity index (χ3v) is 4.92. The molecule has 0 radical (unpaired) electrons. The first-order valence-corrected chi connectivity index (χ1v) is 8.95. The van der Waals surface area contributed by atoms with Crippen molar-refractivity contribution >= 4 is 10.8 Å². The molecule has 1 heterocycles. The minimum atomic E-state index is -1.22. The predicted molar refractivity (Wildman–Crippen MR) is 97.8 cm³/mol. The fourth-order valence-corrected chi connectivity index (χ4v) is 3.62. The van der Waals surface area contributed by atoms with E-state index in [1.165, 1.54) is 0 Å². The molecule has 1 aliphatic rings. The highest BCUT2D eigenvalue weighted by molar-refractivity contribution is 5.90. The van der Waals surface area contributed by atoms with Gasteiger partial charge in [0.15, 0.2) is 11.6 Å². The van der Waals surface area contributed by atoms with E-state index in [1.807, 2.05) is 19.1 Å². The average molecular weight is 383 g/mol. The molecule has 0 amide bonds. The fourth-order valence-electron chi connectivity index (χ4n) is 3.62. The maximum atomic E-state index is 14.1. The summed E-state index contributed by atoms with van der Waals surface area (Å²) in [7, 11) is 0. The molecule has 0 bridgehead atoms. The Balaban J connectivity index is 1.76. The van der Waals surface area contributed by atoms with Crippen LogP contribution in [0.25, 0.3) is 10.8 Å². The molecule has 4 rings (SSSR count). The van der Waals surface area contributed by atoms with Crippen LogP contribution < -0.4 is 9.47 Å². The SMILES string of the molecule is CCOc1cc2c3c(ccc2cc1C#N)OC(c1cc(F)c(F)cc1F)CC3. The molecule has 0 spiro atoms. The lowest BCUT2D eigenvalue weighted by molar-refractivity contribution is 0.172. The largest absolute Gasteiger partial charge is 0.492 e. The summed E-state index contributed by atoms with van der Waals surface area (Å²) in [6, 6.07) is 10.7. The van der Waals surface area contributed by atoms with Crippen molar-refractivity contribution in [1.82, 2.24) is 0 Å². The van der Waals surface area contributed by atoms with Crippen molar-refractivity contribution in [1.29, 1.82) is 5.26 Å². The summed E-state index contributed by atoms with van der Waals surface area (Å²) >= 11 is 0. The summed E-state index contributed by atoms with van der Waals surface area (Å²) in [4.78, 5) is 0. The molecule has 0 aromatic heterocycles. The van der Waals surface area contributed by atoms with E-state index in [9.17, 15) is 18.4 Å². The van der Waals surface area contributed by atoms with Crippen LogP contribution in [-0.2, 0) is 6.42 Å². The molecule has 1 aliphatic heterocycles. The van der Waals surface area contributed by atoms with Gasteiger partial charge in [-0.3, -0.25) is 0 Å². The van der Waals surface area contributed by atoms with Gasteiger partial charge in [-0.1, -0.05) is 6.07 Å². The van der Waals surface area contributed by atoms with Gasteiger partial charge in [0.05, 0.1) is 12.2 Å². The molecule has 6 heteroatoms. The Morgan fingerprint density at radius 3 is 2.64 bits per heavy atom. The zero-order valence-corrected chi connectivity index (χ0v) is 15.1. The highest BCUT2D eigenvalue weighted by Crippen LogP contribution is 2.41. The number of aryl methyl sites for hydroxylation is 1. The lowest BCUT2D eigenvalue weighted by Crippen LogP contribution is -2.17. The first kappa shape index (κ1) is 18.2. The highest BCUT2D eigenvalue weighted by Gasteiger charge is 2.27. The van der Waals surface area contributed by atoms with Crippen molar-refractivity contribution < 1.29 is 22.6 Å². The number of ether oxygens (including phenoxy) is 2. The molecule has 0 aliphatic carbocycles. The van der Waals surface area contributed by atoms with E-state index in [0.29, 0.717) is 42.6 Å². The number of hydrogen-bond donors (Lipinski definition) is 0. The van der Waals surface area contributed by atoms with Crippen LogP contribution in [0.3, 0.4) is 0 Å². The van der Waals surface area contributed by atoms with Gasteiger partial charge in [-0.05, 0) is 54.8 Å². The smallest absolute Gasteiger partial charge is 0.161 e. The van der Waals surface area contributed by atoms with Crippen molar-refractivity contribution in [2.45, 2.75) is 25.9 Å². The molecular weight excluding hydrogens is 367 g/mol. The van der Waals surface area contributed by atoms with Gasteiger partial charge in [0, 0.05) is 17.2 Å². The minimum absolute atomic E-state index is 0.000481. The summed E-state index contributed by atoms with van der Waals surface area (Å²) in [5.41, 5.74) is 1.37. The van der Waals surface area contributed by atoms with Crippen LogP contribution >= 0.6 is 0 Å². The zero-order chi connectivity index (χ0) is 19.8. The Morgan fingerprint density at radius 2 is 1.89 bits per heavy atom. The van der Waals surface area contributed by atoms with E-state index in [0.717, 1.165) is 22.4 Å². The summed E-state index contributed by atoms with van der Waals surface area (Å²) in [6.45, 7) is 2.28. The Kier molecular flexibility index (Phi) is 4.60. The van der Waals surface area contributed by atoms with Crippen LogP contribution in [-0.4, -0.2) is 6.61 Å². The van der Waals surface area contributed by atoms with Gasteiger partial charge < -0.3 is 9.47 Å². The highest BCUT2D eigenvalue weighted by atomic mass is 19.2. The van der Waals surface area contributed by atoms with E-state index < -0.39 is 23.6 Å². The van der Waals surface area contributed by atoms with Crippen LogP contribution in [0.2, 0.25) is 0 Å². The maximum Gasteiger partial charge on any atom is 0.161 e. The summed E-state index contributed by atoms with van der Waals surface area (Å²) in [6.07, 6.45) is 0.274. The van der Waals surface area contributed by atoms with Crippen molar-refractivity contribution in [3.05, 3.63) is 70.5 Å². The minimum Gasteiger partial charge on any atom is -0.492 e. The van der Waals surface area contributed by atoms with Crippen LogP contribution in [0.15, 0.2) is 36.4 Å². The third kappa shape index (κ3) is 3.03. The van der Waals surface area contributed by atoms with E-state index >= 15 is 0 Å². The van der Waals surface area contributed by atoms with Crippen molar-refractivity contribution in [2.75, 3.05) is 6.61 Å². The summed E-state index contributed by atoms with van der Waals surface area (Å²) < 4.78 is 52.4. The second kappa shape index (κ2) is 7.08. The lowest BCUT2D eigenvalue weighted by Gasteiger charge is -2.28. The van der Waals surface area contributed by atoms with Gasteiger partial charge in [0.25, 0.3) is 0 Å². The average Bonchev–Trinajstić information content (AvgIpc) is 2.70. The summed E-state index contributed by atoms with van der Waals surface area (Å²) in [5.74, 6) is -2.10. The van der Waals surface area contributed by atoms with Crippen molar-refractivity contribution in [3.63, 3.8) is 0 Å². The number of fused-ring (bicyclic) bond motifs is 3. The van der Waals surface area contributed by atoms with Gasteiger partial charge in [-0.2, -0.15) is 5.26 Å². The Bertz CT molecular complexity index is 1120. The second-order valence-corrected chi connectivity index (χ2v) is 6.59. The number of rotatable bonds is 3. The molecule has 28 heavy (non-hydrogen) atoms. The number of hydrogen-bond acceptors (Lipinski definition) is 3.